The van der Waals surface area contributed by atoms with Gasteiger partial charge in [-0.15, -0.1) is 22.7 Å². The number of amides is 3. The SMILES string of the molecule is COc1ccc(C(=O)NNC(=O)Cc2csc(NC(=O)Cc3cccs3)n2)cc1OC. The molecule has 0 aliphatic rings. The van der Waals surface area contributed by atoms with Crippen LogP contribution >= 0.6 is 22.7 Å². The first-order valence-electron chi connectivity index (χ1n) is 9.06. The maximum atomic E-state index is 12.2. The highest BCUT2D eigenvalue weighted by molar-refractivity contribution is 7.14. The lowest BCUT2D eigenvalue weighted by Crippen LogP contribution is -2.42. The minimum Gasteiger partial charge on any atom is -0.493 e. The molecule has 3 aromatic rings. The molecule has 0 spiro atoms. The summed E-state index contributed by atoms with van der Waals surface area (Å²) < 4.78 is 10.3. The number of rotatable bonds is 8. The van der Waals surface area contributed by atoms with Crippen molar-refractivity contribution in [2.45, 2.75) is 12.8 Å². The molecule has 0 bridgehead atoms. The van der Waals surface area contributed by atoms with Crippen LogP contribution in [0.3, 0.4) is 0 Å². The van der Waals surface area contributed by atoms with Crippen LogP contribution in [0.2, 0.25) is 0 Å². The molecule has 0 fully saturated rings. The maximum absolute atomic E-state index is 12.2. The van der Waals surface area contributed by atoms with Gasteiger partial charge < -0.3 is 14.8 Å². The number of anilines is 1. The number of carbonyl (C=O) groups excluding carboxylic acids is 3. The Balaban J connectivity index is 1.47. The van der Waals surface area contributed by atoms with E-state index in [2.05, 4.69) is 21.2 Å². The number of thiophene rings is 1. The Morgan fingerprint density at radius 2 is 1.77 bits per heavy atom. The Morgan fingerprint density at radius 3 is 2.48 bits per heavy atom. The highest BCUT2D eigenvalue weighted by Crippen LogP contribution is 2.27. The largest absolute Gasteiger partial charge is 0.493 e. The average molecular weight is 461 g/mol. The molecule has 0 aliphatic carbocycles. The fourth-order valence-electron chi connectivity index (χ4n) is 2.57. The van der Waals surface area contributed by atoms with Gasteiger partial charge >= 0.3 is 0 Å². The molecule has 0 saturated carbocycles. The van der Waals surface area contributed by atoms with Crippen LogP contribution < -0.4 is 25.6 Å². The topological polar surface area (TPSA) is 119 Å². The average Bonchev–Trinajstić information content (AvgIpc) is 3.43. The van der Waals surface area contributed by atoms with Gasteiger partial charge in [0.2, 0.25) is 11.8 Å². The first-order valence-corrected chi connectivity index (χ1v) is 10.8. The summed E-state index contributed by atoms with van der Waals surface area (Å²) in [6.07, 6.45) is 0.221. The van der Waals surface area contributed by atoms with Gasteiger partial charge in [-0.05, 0) is 29.6 Å². The molecule has 31 heavy (non-hydrogen) atoms. The summed E-state index contributed by atoms with van der Waals surface area (Å²) in [5.41, 5.74) is 5.46. The number of nitrogens with zero attached hydrogens (tertiary/aromatic N) is 1. The predicted molar refractivity (Wildman–Crippen MR) is 118 cm³/mol. The third-order valence-electron chi connectivity index (χ3n) is 4.02. The van der Waals surface area contributed by atoms with E-state index in [0.29, 0.717) is 27.9 Å². The van der Waals surface area contributed by atoms with E-state index in [0.717, 1.165) is 4.88 Å². The number of carbonyl (C=O) groups is 3. The van der Waals surface area contributed by atoms with Crippen LogP contribution in [0, 0.1) is 0 Å². The van der Waals surface area contributed by atoms with Gasteiger partial charge in [-0.2, -0.15) is 0 Å². The van der Waals surface area contributed by atoms with E-state index in [9.17, 15) is 14.4 Å². The fraction of sp³-hybridized carbons (Fsp3) is 0.200. The lowest BCUT2D eigenvalue weighted by atomic mass is 10.2. The summed E-state index contributed by atoms with van der Waals surface area (Å²) in [6.45, 7) is 0. The third kappa shape index (κ3) is 6.27. The van der Waals surface area contributed by atoms with E-state index in [-0.39, 0.29) is 18.7 Å². The first-order chi connectivity index (χ1) is 15.0. The molecule has 0 radical (unpaired) electrons. The molecule has 2 heterocycles. The Labute approximate surface area is 186 Å². The van der Waals surface area contributed by atoms with Crippen molar-refractivity contribution in [1.82, 2.24) is 15.8 Å². The predicted octanol–water partition coefficient (Wildman–Crippen LogP) is 2.41. The second-order valence-electron chi connectivity index (χ2n) is 6.20. The van der Waals surface area contributed by atoms with E-state index >= 15 is 0 Å². The quantitative estimate of drug-likeness (QED) is 0.444. The Kier molecular flexibility index (Phi) is 7.57. The monoisotopic (exact) mass is 460 g/mol. The van der Waals surface area contributed by atoms with Gasteiger partial charge in [0.15, 0.2) is 16.6 Å². The van der Waals surface area contributed by atoms with Crippen molar-refractivity contribution in [2.24, 2.45) is 0 Å². The molecule has 3 rings (SSSR count). The molecule has 3 N–H and O–H groups in total. The molecular formula is C20H20N4O5S2. The Morgan fingerprint density at radius 1 is 0.968 bits per heavy atom. The van der Waals surface area contributed by atoms with Crippen molar-refractivity contribution < 1.29 is 23.9 Å². The molecule has 2 aromatic heterocycles. The fourth-order valence-corrected chi connectivity index (χ4v) is 4.00. The van der Waals surface area contributed by atoms with Crippen LogP contribution in [0.5, 0.6) is 11.5 Å². The molecule has 9 nitrogen and oxygen atoms in total. The highest BCUT2D eigenvalue weighted by Gasteiger charge is 2.14. The smallest absolute Gasteiger partial charge is 0.269 e. The second-order valence-corrected chi connectivity index (χ2v) is 8.09. The van der Waals surface area contributed by atoms with Crippen LogP contribution in [0.4, 0.5) is 5.13 Å². The molecule has 0 aliphatic heterocycles. The molecular weight excluding hydrogens is 440 g/mol. The summed E-state index contributed by atoms with van der Waals surface area (Å²) in [6, 6.07) is 8.43. The van der Waals surface area contributed by atoms with Gasteiger partial charge in [0.1, 0.15) is 0 Å². The van der Waals surface area contributed by atoms with Crippen LogP contribution in [0.15, 0.2) is 41.1 Å². The summed E-state index contributed by atoms with van der Waals surface area (Å²) in [5, 5.41) is 6.72. The molecule has 3 amide bonds. The zero-order valence-electron chi connectivity index (χ0n) is 16.8. The zero-order valence-corrected chi connectivity index (χ0v) is 18.4. The molecule has 1 aromatic carbocycles. The van der Waals surface area contributed by atoms with Crippen LogP contribution in [-0.4, -0.2) is 36.9 Å². The molecule has 11 heteroatoms. The number of benzene rings is 1. The van der Waals surface area contributed by atoms with Crippen molar-refractivity contribution in [2.75, 3.05) is 19.5 Å². The number of hydrogen-bond acceptors (Lipinski definition) is 8. The number of thiazole rings is 1. The van der Waals surface area contributed by atoms with Crippen LogP contribution in [0.1, 0.15) is 20.9 Å². The van der Waals surface area contributed by atoms with Crippen molar-refractivity contribution >= 4 is 45.5 Å². The molecule has 0 unspecified atom stereocenters. The van der Waals surface area contributed by atoms with Gasteiger partial charge in [-0.1, -0.05) is 6.07 Å². The number of aromatic nitrogens is 1. The lowest BCUT2D eigenvalue weighted by Gasteiger charge is -2.10. The second kappa shape index (κ2) is 10.5. The van der Waals surface area contributed by atoms with Crippen molar-refractivity contribution in [3.05, 3.63) is 57.2 Å². The van der Waals surface area contributed by atoms with Crippen molar-refractivity contribution in [1.29, 1.82) is 0 Å². The van der Waals surface area contributed by atoms with E-state index in [4.69, 9.17) is 9.47 Å². The van der Waals surface area contributed by atoms with Crippen molar-refractivity contribution in [3.8, 4) is 11.5 Å². The van der Waals surface area contributed by atoms with Gasteiger partial charge in [0.05, 0.1) is 32.8 Å². The highest BCUT2D eigenvalue weighted by atomic mass is 32.1. The van der Waals surface area contributed by atoms with Crippen LogP contribution in [-0.2, 0) is 22.4 Å². The molecule has 162 valence electrons. The van der Waals surface area contributed by atoms with Gasteiger partial charge in [0, 0.05) is 15.8 Å². The van der Waals surface area contributed by atoms with Gasteiger partial charge in [0.25, 0.3) is 5.91 Å². The summed E-state index contributed by atoms with van der Waals surface area (Å²) >= 11 is 2.74. The number of methoxy groups -OCH3 is 2. The normalized spacial score (nSPS) is 10.3. The lowest BCUT2D eigenvalue weighted by molar-refractivity contribution is -0.121. The minimum absolute atomic E-state index is 0.0521. The van der Waals surface area contributed by atoms with E-state index in [1.807, 2.05) is 17.5 Å². The van der Waals surface area contributed by atoms with E-state index < -0.39 is 11.8 Å². The Bertz CT molecular complexity index is 1070. The molecule has 0 atom stereocenters. The summed E-state index contributed by atoms with van der Waals surface area (Å²) in [5.74, 6) is -0.234. The standard InChI is InChI=1S/C20H20N4O5S2/c1-28-15-6-5-12(8-16(15)29-2)19(27)24-23-18(26)9-13-11-31-20(21-13)22-17(25)10-14-4-3-7-30-14/h3-8,11H,9-10H2,1-2H3,(H,23,26)(H,24,27)(H,21,22,25). The number of hydrogen-bond donors (Lipinski definition) is 3. The minimum atomic E-state index is -0.505. The Hall–Kier alpha value is -3.44. The number of hydrazine groups is 1. The number of ether oxygens (including phenoxy) is 2. The summed E-state index contributed by atoms with van der Waals surface area (Å²) in [4.78, 5) is 41.6. The molecule has 0 saturated heterocycles. The van der Waals surface area contributed by atoms with E-state index in [1.54, 1.807) is 17.5 Å². The summed E-state index contributed by atoms with van der Waals surface area (Å²) in [7, 11) is 2.96. The maximum Gasteiger partial charge on any atom is 0.269 e. The van der Waals surface area contributed by atoms with Gasteiger partial charge in [-0.3, -0.25) is 25.2 Å². The number of nitrogens with one attached hydrogen (secondary N) is 3. The van der Waals surface area contributed by atoms with Crippen molar-refractivity contribution in [3.63, 3.8) is 0 Å². The van der Waals surface area contributed by atoms with E-state index in [1.165, 1.54) is 43.0 Å². The van der Waals surface area contributed by atoms with Crippen LogP contribution in [0.25, 0.3) is 0 Å². The zero-order chi connectivity index (χ0) is 22.2. The first kappa shape index (κ1) is 22.2. The third-order valence-corrected chi connectivity index (χ3v) is 5.70. The van der Waals surface area contributed by atoms with Gasteiger partial charge in [-0.25, -0.2) is 4.98 Å².